The van der Waals surface area contributed by atoms with E-state index in [4.69, 9.17) is 0 Å². The molecule has 1 heterocycles. The van der Waals surface area contributed by atoms with Gasteiger partial charge in [0.05, 0.1) is 0 Å². The molecule has 10 heavy (non-hydrogen) atoms. The zero-order valence-corrected chi connectivity index (χ0v) is 7.24. The number of thiophene rings is 1. The highest BCUT2D eigenvalue weighted by Crippen LogP contribution is 2.07. The van der Waals surface area contributed by atoms with Crippen molar-refractivity contribution in [3.63, 3.8) is 0 Å². The Morgan fingerprint density at radius 3 is 3.00 bits per heavy atom. The van der Waals surface area contributed by atoms with Crippen LogP contribution in [0.5, 0.6) is 0 Å². The van der Waals surface area contributed by atoms with Crippen molar-refractivity contribution in [3.05, 3.63) is 27.8 Å². The van der Waals surface area contributed by atoms with Gasteiger partial charge in [-0.2, -0.15) is 11.3 Å². The largest absolute Gasteiger partial charge is 0.255 e. The topological polar surface area (TPSA) is 17.1 Å². The Hall–Kier alpha value is -0.410. The van der Waals surface area contributed by atoms with Gasteiger partial charge >= 0.3 is 0 Å². The van der Waals surface area contributed by atoms with Crippen LogP contribution >= 0.6 is 11.3 Å². The van der Waals surface area contributed by atoms with E-state index in [-0.39, 0.29) is 0 Å². The van der Waals surface area contributed by atoms with Gasteiger partial charge in [0.2, 0.25) is 0 Å². The average molecular weight is 172 g/mol. The maximum atomic E-state index is 10.6. The third-order valence-electron chi connectivity index (χ3n) is 0.995. The Morgan fingerprint density at radius 1 is 1.70 bits per heavy atom. The molecule has 0 bridgehead atoms. The van der Waals surface area contributed by atoms with Crippen molar-refractivity contribution in [2.75, 3.05) is 6.26 Å². The lowest BCUT2D eigenvalue weighted by atomic mass is 10.3. The first-order valence-electron chi connectivity index (χ1n) is 2.81. The van der Waals surface area contributed by atoms with E-state index in [2.05, 4.69) is 0 Å². The molecule has 0 aliphatic heterocycles. The summed E-state index contributed by atoms with van der Waals surface area (Å²) in [4.78, 5) is 0. The lowest BCUT2D eigenvalue weighted by molar-refractivity contribution is 0.692. The zero-order valence-electron chi connectivity index (χ0n) is 5.61. The summed E-state index contributed by atoms with van der Waals surface area (Å²) in [5, 5.41) is 5.70. The Morgan fingerprint density at radius 2 is 2.50 bits per heavy atom. The maximum Gasteiger partial charge on any atom is 0.0424 e. The Balaban J connectivity index is 2.64. The van der Waals surface area contributed by atoms with Gasteiger partial charge < -0.3 is 0 Å². The number of rotatable bonds is 2. The van der Waals surface area contributed by atoms with Crippen molar-refractivity contribution in [3.8, 4) is 0 Å². The number of hydrogen-bond acceptors (Lipinski definition) is 2. The standard InChI is InChI=1S/C7H8OS2/c1-10(8)5-3-7-2-4-9-6-7/h2-6H,1H3/b5-3+. The van der Waals surface area contributed by atoms with E-state index >= 15 is 0 Å². The second kappa shape index (κ2) is 3.68. The van der Waals surface area contributed by atoms with Crippen molar-refractivity contribution in [2.24, 2.45) is 0 Å². The Kier molecular flexibility index (Phi) is 2.83. The van der Waals surface area contributed by atoms with Gasteiger partial charge in [-0.3, -0.25) is 4.21 Å². The first-order valence-corrected chi connectivity index (χ1v) is 5.38. The van der Waals surface area contributed by atoms with Crippen molar-refractivity contribution < 1.29 is 4.21 Å². The molecule has 0 aliphatic carbocycles. The summed E-state index contributed by atoms with van der Waals surface area (Å²) in [5.41, 5.74) is 1.13. The fourth-order valence-electron chi connectivity index (χ4n) is 0.544. The number of hydrogen-bond donors (Lipinski definition) is 0. The van der Waals surface area contributed by atoms with Crippen molar-refractivity contribution in [2.45, 2.75) is 0 Å². The zero-order chi connectivity index (χ0) is 7.40. The molecule has 0 radical (unpaired) electrons. The third kappa shape index (κ3) is 2.45. The predicted molar refractivity (Wildman–Crippen MR) is 47.4 cm³/mol. The van der Waals surface area contributed by atoms with Crippen LogP contribution < -0.4 is 0 Å². The summed E-state index contributed by atoms with van der Waals surface area (Å²) in [5.74, 6) is 0. The minimum Gasteiger partial charge on any atom is -0.255 e. The van der Waals surface area contributed by atoms with Crippen LogP contribution in [0.25, 0.3) is 6.08 Å². The Labute approximate surface area is 66.9 Å². The smallest absolute Gasteiger partial charge is 0.0424 e. The first-order chi connectivity index (χ1) is 4.79. The van der Waals surface area contributed by atoms with Crippen LogP contribution in [0.4, 0.5) is 0 Å². The van der Waals surface area contributed by atoms with Crippen LogP contribution in [0, 0.1) is 0 Å². The van der Waals surface area contributed by atoms with Crippen LogP contribution in [-0.4, -0.2) is 10.5 Å². The lowest BCUT2D eigenvalue weighted by Gasteiger charge is -1.80. The molecule has 1 aromatic heterocycles. The summed E-state index contributed by atoms with van der Waals surface area (Å²) < 4.78 is 10.6. The summed E-state index contributed by atoms with van der Waals surface area (Å²) in [6, 6.07) is 1.99. The average Bonchev–Trinajstić information content (AvgIpc) is 2.34. The third-order valence-corrected chi connectivity index (χ3v) is 2.22. The molecule has 3 heteroatoms. The molecule has 1 atom stereocenters. The van der Waals surface area contributed by atoms with Crippen molar-refractivity contribution in [1.29, 1.82) is 0 Å². The van der Waals surface area contributed by atoms with Crippen LogP contribution in [-0.2, 0) is 10.8 Å². The van der Waals surface area contributed by atoms with Gasteiger partial charge in [-0.05, 0) is 28.5 Å². The van der Waals surface area contributed by atoms with Gasteiger partial charge in [0, 0.05) is 22.5 Å². The van der Waals surface area contributed by atoms with E-state index in [1.165, 1.54) is 0 Å². The molecule has 1 nitrogen and oxygen atoms in total. The summed E-state index contributed by atoms with van der Waals surface area (Å²) in [6.07, 6.45) is 3.52. The minimum atomic E-state index is -0.826. The normalized spacial score (nSPS) is 14.1. The highest BCUT2D eigenvalue weighted by atomic mass is 32.2. The van der Waals surface area contributed by atoms with E-state index in [9.17, 15) is 4.21 Å². The lowest BCUT2D eigenvalue weighted by Crippen LogP contribution is -1.73. The van der Waals surface area contributed by atoms with Crippen LogP contribution in [0.1, 0.15) is 5.56 Å². The van der Waals surface area contributed by atoms with E-state index in [1.54, 1.807) is 23.0 Å². The van der Waals surface area contributed by atoms with Gasteiger partial charge in [-0.15, -0.1) is 0 Å². The summed E-state index contributed by atoms with van der Waals surface area (Å²) in [7, 11) is -0.826. The highest BCUT2D eigenvalue weighted by Gasteiger charge is 1.84. The molecule has 0 fully saturated rings. The molecule has 1 rings (SSSR count). The van der Waals surface area contributed by atoms with Gasteiger partial charge in [-0.25, -0.2) is 0 Å². The fraction of sp³-hybridized carbons (Fsp3) is 0.143. The van der Waals surface area contributed by atoms with Gasteiger partial charge in [-0.1, -0.05) is 0 Å². The summed E-state index contributed by atoms with van der Waals surface area (Å²) in [6.45, 7) is 0. The van der Waals surface area contributed by atoms with E-state index in [0.29, 0.717) is 0 Å². The molecule has 0 N–H and O–H groups in total. The summed E-state index contributed by atoms with van der Waals surface area (Å²) >= 11 is 1.64. The fourth-order valence-corrected chi connectivity index (χ4v) is 1.52. The molecule has 0 spiro atoms. The second-order valence-electron chi connectivity index (χ2n) is 1.86. The van der Waals surface area contributed by atoms with Crippen molar-refractivity contribution >= 4 is 28.2 Å². The molecular formula is C7H8OS2. The molecular weight excluding hydrogens is 164 g/mol. The highest BCUT2D eigenvalue weighted by molar-refractivity contribution is 7.87. The van der Waals surface area contributed by atoms with Crippen molar-refractivity contribution in [1.82, 2.24) is 0 Å². The van der Waals surface area contributed by atoms with Gasteiger partial charge in [0.1, 0.15) is 0 Å². The van der Waals surface area contributed by atoms with Crippen LogP contribution in [0.2, 0.25) is 0 Å². The molecule has 0 saturated carbocycles. The molecule has 1 unspecified atom stereocenters. The quantitative estimate of drug-likeness (QED) is 0.667. The second-order valence-corrected chi connectivity index (χ2v) is 3.91. The molecule has 54 valence electrons. The van der Waals surface area contributed by atoms with E-state index in [1.807, 2.05) is 22.9 Å². The molecule has 0 saturated heterocycles. The molecule has 0 aliphatic rings. The molecule has 1 aromatic rings. The Bertz CT molecular complexity index is 236. The van der Waals surface area contributed by atoms with E-state index < -0.39 is 10.8 Å². The van der Waals surface area contributed by atoms with Crippen LogP contribution in [0.3, 0.4) is 0 Å². The first kappa shape index (κ1) is 7.69. The van der Waals surface area contributed by atoms with Gasteiger partial charge in [0.25, 0.3) is 0 Å². The minimum absolute atomic E-state index is 0.826. The molecule has 0 aromatic carbocycles. The maximum absolute atomic E-state index is 10.6. The van der Waals surface area contributed by atoms with Gasteiger partial charge in [0.15, 0.2) is 0 Å². The van der Waals surface area contributed by atoms with Crippen LogP contribution in [0.15, 0.2) is 22.2 Å². The van der Waals surface area contributed by atoms with E-state index in [0.717, 1.165) is 5.56 Å². The monoisotopic (exact) mass is 172 g/mol. The predicted octanol–water partition coefficient (Wildman–Crippen LogP) is 2.10. The SMILES string of the molecule is CS(=O)/C=C/c1ccsc1. The molecule has 0 amide bonds.